The Hall–Kier alpha value is -1.66. The molecule has 0 amide bonds. The maximum Gasteiger partial charge on any atom is 0.155 e. The molecular formula is C27H37F2N5OS2. The lowest BCUT2D eigenvalue weighted by molar-refractivity contribution is 0.0913. The Labute approximate surface area is 227 Å². The molecule has 6 nitrogen and oxygen atoms in total. The lowest BCUT2D eigenvalue weighted by Gasteiger charge is -2.34. The fourth-order valence-corrected chi connectivity index (χ4v) is 5.97. The van der Waals surface area contributed by atoms with Crippen LogP contribution in [0.3, 0.4) is 0 Å². The Balaban J connectivity index is 1.53. The highest BCUT2D eigenvalue weighted by Gasteiger charge is 2.29. The predicted octanol–water partition coefficient (Wildman–Crippen LogP) is 5.03. The highest BCUT2D eigenvalue weighted by atomic mass is 32.2. The molecule has 2 aliphatic heterocycles. The lowest BCUT2D eigenvalue weighted by Crippen LogP contribution is -2.44. The van der Waals surface area contributed by atoms with E-state index in [2.05, 4.69) is 17.4 Å². The summed E-state index contributed by atoms with van der Waals surface area (Å²) in [5, 5.41) is 7.31. The van der Waals surface area contributed by atoms with Gasteiger partial charge in [0.05, 0.1) is 5.25 Å². The first kappa shape index (κ1) is 28.4. The van der Waals surface area contributed by atoms with E-state index in [0.717, 1.165) is 54.8 Å². The summed E-state index contributed by atoms with van der Waals surface area (Å²) in [5.41, 5.74) is 6.03. The Morgan fingerprint density at radius 2 is 1.95 bits per heavy atom. The topological polar surface area (TPSA) is 79.8 Å². The summed E-state index contributed by atoms with van der Waals surface area (Å²) in [6.07, 6.45) is 7.82. The van der Waals surface area contributed by atoms with Crippen LogP contribution >= 0.6 is 24.1 Å². The molecule has 2 aromatic carbocycles. The highest BCUT2D eigenvalue weighted by molar-refractivity contribution is 7.97. The molecule has 2 aromatic rings. The van der Waals surface area contributed by atoms with Gasteiger partial charge in [0.25, 0.3) is 0 Å². The summed E-state index contributed by atoms with van der Waals surface area (Å²) in [6, 6.07) is 12.5. The van der Waals surface area contributed by atoms with Crippen LogP contribution in [0.25, 0.3) is 17.2 Å². The predicted molar refractivity (Wildman–Crippen MR) is 152 cm³/mol. The molecule has 2 aliphatic rings. The Bertz CT molecular complexity index is 1020. The van der Waals surface area contributed by atoms with Gasteiger partial charge in [0.1, 0.15) is 5.82 Å². The Morgan fingerprint density at radius 1 is 1.19 bits per heavy atom. The van der Waals surface area contributed by atoms with E-state index in [1.807, 2.05) is 30.4 Å². The van der Waals surface area contributed by atoms with Crippen molar-refractivity contribution in [1.82, 2.24) is 15.4 Å². The number of hydrazine groups is 1. The monoisotopic (exact) mass is 549 g/mol. The second kappa shape index (κ2) is 13.9. The standard InChI is InChI=1S/C27H37F2N5OS2/c1-33-13-10-21(11-14-33)26(12-15-36-31)32-35-27-9-3-19(2-8-23-17-24(37-29)18-34(23)30)16-25(27)20-4-6-22(28)7-5-20/h2-9,16,21,23-24,26,32H,10-15,17-18,30-31H2,1H3/b8-2+. The maximum absolute atomic E-state index is 13.7. The molecule has 10 heteroatoms. The number of piperidine rings is 1. The van der Waals surface area contributed by atoms with Crippen molar-refractivity contribution in [2.75, 3.05) is 32.4 Å². The molecule has 3 atom stereocenters. The van der Waals surface area contributed by atoms with E-state index in [4.69, 9.17) is 15.8 Å². The maximum atomic E-state index is 13.7. The first-order valence-corrected chi connectivity index (χ1v) is 14.6. The van der Waals surface area contributed by atoms with E-state index in [1.54, 1.807) is 17.1 Å². The van der Waals surface area contributed by atoms with Gasteiger partial charge in [0, 0.05) is 42.1 Å². The van der Waals surface area contributed by atoms with E-state index < -0.39 is 0 Å². The number of hydrogen-bond acceptors (Lipinski definition) is 8. The van der Waals surface area contributed by atoms with Crippen LogP contribution in [0.4, 0.5) is 8.28 Å². The molecule has 2 fully saturated rings. The SMILES string of the molecule is CN1CCC(C(CCSN)NOc2ccc(/C=C/C3CC(SF)CN3N)cc2-c2ccc(F)cc2)CC1. The number of benzene rings is 2. The third-order valence-electron chi connectivity index (χ3n) is 7.34. The normalized spacial score (nSPS) is 22.6. The highest BCUT2D eigenvalue weighted by Crippen LogP contribution is 2.33. The third-order valence-corrected chi connectivity index (χ3v) is 8.40. The first-order valence-electron chi connectivity index (χ1n) is 12.8. The van der Waals surface area contributed by atoms with Crippen LogP contribution < -0.4 is 21.3 Å². The van der Waals surface area contributed by atoms with Gasteiger partial charge >= 0.3 is 0 Å². The number of nitrogens with two attached hydrogens (primary N) is 2. The number of hydroxylamine groups is 1. The summed E-state index contributed by atoms with van der Waals surface area (Å²) >= 11 is 1.72. The second-order valence-corrected chi connectivity index (χ2v) is 11.5. The molecular weight excluding hydrogens is 512 g/mol. The minimum Gasteiger partial charge on any atom is -0.408 e. The van der Waals surface area contributed by atoms with Crippen molar-refractivity contribution < 1.29 is 13.1 Å². The molecule has 37 heavy (non-hydrogen) atoms. The molecule has 2 saturated heterocycles. The third kappa shape index (κ3) is 7.92. The Morgan fingerprint density at radius 3 is 2.62 bits per heavy atom. The number of nitrogens with zero attached hydrogens (tertiary/aromatic N) is 2. The summed E-state index contributed by atoms with van der Waals surface area (Å²) < 4.78 is 26.7. The smallest absolute Gasteiger partial charge is 0.155 e. The van der Waals surface area contributed by atoms with Crippen molar-refractivity contribution in [3.05, 3.63) is 59.9 Å². The quantitative estimate of drug-likeness (QED) is 0.205. The zero-order valence-electron chi connectivity index (χ0n) is 21.2. The molecule has 0 bridgehead atoms. The fraction of sp³-hybridized carbons (Fsp3) is 0.481. The van der Waals surface area contributed by atoms with Crippen molar-refractivity contribution >= 4 is 30.2 Å². The lowest BCUT2D eigenvalue weighted by atomic mass is 9.88. The van der Waals surface area contributed by atoms with Crippen LogP contribution in [0.5, 0.6) is 5.75 Å². The minimum absolute atomic E-state index is 0.0178. The van der Waals surface area contributed by atoms with Gasteiger partial charge in [-0.05, 0) is 87.1 Å². The van der Waals surface area contributed by atoms with Crippen molar-refractivity contribution in [1.29, 1.82) is 0 Å². The molecule has 3 unspecified atom stereocenters. The van der Waals surface area contributed by atoms with Crippen LogP contribution in [0.15, 0.2) is 48.5 Å². The zero-order valence-corrected chi connectivity index (χ0v) is 22.8. The average molecular weight is 550 g/mol. The minimum atomic E-state index is -0.286. The Kier molecular flexibility index (Phi) is 10.7. The van der Waals surface area contributed by atoms with Gasteiger partial charge in [-0.1, -0.05) is 42.3 Å². The summed E-state index contributed by atoms with van der Waals surface area (Å²) in [4.78, 5) is 8.59. The molecule has 0 spiro atoms. The molecule has 0 saturated carbocycles. The summed E-state index contributed by atoms with van der Waals surface area (Å²) in [6.45, 7) is 2.68. The fourth-order valence-electron chi connectivity index (χ4n) is 5.08. The van der Waals surface area contributed by atoms with Gasteiger partial charge in [0.15, 0.2) is 5.75 Å². The van der Waals surface area contributed by atoms with Crippen LogP contribution in [0, 0.1) is 11.7 Å². The van der Waals surface area contributed by atoms with Gasteiger partial charge < -0.3 is 9.74 Å². The van der Waals surface area contributed by atoms with Gasteiger partial charge in [-0.2, -0.15) is 9.37 Å². The summed E-state index contributed by atoms with van der Waals surface area (Å²) in [5.74, 6) is 7.82. The number of likely N-dealkylation sites (tertiary alicyclic amines) is 1. The molecule has 0 aromatic heterocycles. The first-order chi connectivity index (χ1) is 18.0. The molecule has 0 radical (unpaired) electrons. The summed E-state index contributed by atoms with van der Waals surface area (Å²) in [7, 11) is 2.16. The average Bonchev–Trinajstić information content (AvgIpc) is 3.28. The van der Waals surface area contributed by atoms with Crippen LogP contribution in [-0.4, -0.2) is 59.7 Å². The largest absolute Gasteiger partial charge is 0.408 e. The van der Waals surface area contributed by atoms with Crippen molar-refractivity contribution in [3.8, 4) is 16.9 Å². The number of hydrogen-bond donors (Lipinski definition) is 3. The van der Waals surface area contributed by atoms with E-state index in [9.17, 15) is 8.28 Å². The molecule has 4 rings (SSSR count). The zero-order chi connectivity index (χ0) is 26.2. The molecule has 5 N–H and O–H groups in total. The van der Waals surface area contributed by atoms with Crippen LogP contribution in [0.1, 0.15) is 31.2 Å². The van der Waals surface area contributed by atoms with Crippen molar-refractivity contribution in [3.63, 3.8) is 0 Å². The van der Waals surface area contributed by atoms with E-state index in [1.165, 1.54) is 24.1 Å². The van der Waals surface area contributed by atoms with Gasteiger partial charge in [-0.3, -0.25) is 11.0 Å². The van der Waals surface area contributed by atoms with E-state index in [-0.39, 0.29) is 23.2 Å². The van der Waals surface area contributed by atoms with Crippen LogP contribution in [0.2, 0.25) is 0 Å². The van der Waals surface area contributed by atoms with Crippen molar-refractivity contribution in [2.45, 2.75) is 43.0 Å². The number of nitrogens with one attached hydrogen (secondary N) is 1. The van der Waals surface area contributed by atoms with Gasteiger partial charge in [-0.25, -0.2) is 9.40 Å². The van der Waals surface area contributed by atoms with Gasteiger partial charge in [-0.15, -0.1) is 0 Å². The molecule has 202 valence electrons. The van der Waals surface area contributed by atoms with Gasteiger partial charge in [0.2, 0.25) is 0 Å². The van der Waals surface area contributed by atoms with Crippen LogP contribution in [-0.2, 0) is 0 Å². The molecule has 2 heterocycles. The number of rotatable bonds is 11. The molecule has 0 aliphatic carbocycles. The van der Waals surface area contributed by atoms with Crippen molar-refractivity contribution in [2.24, 2.45) is 16.9 Å². The van der Waals surface area contributed by atoms with E-state index in [0.29, 0.717) is 36.8 Å². The second-order valence-electron chi connectivity index (χ2n) is 9.96. The van der Waals surface area contributed by atoms with E-state index >= 15 is 0 Å². The number of halogens is 2.